The predicted molar refractivity (Wildman–Crippen MR) is 107 cm³/mol. The molecular weight excluding hydrogens is 378 g/mol. The molecule has 142 valence electrons. The number of halogens is 1. The summed E-state index contributed by atoms with van der Waals surface area (Å²) in [5.74, 6) is 0.624. The number of aromatic nitrogens is 3. The molecule has 0 saturated carbocycles. The van der Waals surface area contributed by atoms with Crippen molar-refractivity contribution in [3.8, 4) is 5.69 Å². The van der Waals surface area contributed by atoms with Gasteiger partial charge in [0.2, 0.25) is 0 Å². The van der Waals surface area contributed by atoms with Crippen LogP contribution in [0.5, 0.6) is 0 Å². The van der Waals surface area contributed by atoms with E-state index in [2.05, 4.69) is 15.0 Å². The fourth-order valence-electron chi connectivity index (χ4n) is 3.13. The Balaban J connectivity index is 1.49. The van der Waals surface area contributed by atoms with Crippen molar-refractivity contribution in [2.75, 3.05) is 31.1 Å². The van der Waals surface area contributed by atoms with Crippen LogP contribution in [-0.4, -0.2) is 51.8 Å². The molecule has 4 rings (SSSR count). The lowest BCUT2D eigenvalue weighted by atomic mass is 10.2. The fourth-order valence-corrected chi connectivity index (χ4v) is 3.25. The molecule has 0 atom stereocenters. The van der Waals surface area contributed by atoms with E-state index in [9.17, 15) is 9.59 Å². The van der Waals surface area contributed by atoms with Gasteiger partial charge in [-0.15, -0.1) is 5.10 Å². The summed E-state index contributed by atoms with van der Waals surface area (Å²) in [6.45, 7) is 2.39. The van der Waals surface area contributed by atoms with Crippen LogP contribution in [0.25, 0.3) is 5.69 Å². The third-order valence-electron chi connectivity index (χ3n) is 4.63. The van der Waals surface area contributed by atoms with E-state index in [4.69, 9.17) is 11.6 Å². The van der Waals surface area contributed by atoms with E-state index in [0.717, 1.165) is 0 Å². The number of benzene rings is 1. The predicted octanol–water partition coefficient (Wildman–Crippen LogP) is 2.24. The zero-order valence-electron chi connectivity index (χ0n) is 15.0. The van der Waals surface area contributed by atoms with Crippen molar-refractivity contribution in [3.05, 3.63) is 81.9 Å². The largest absolute Gasteiger partial charge is 0.352 e. The maximum Gasteiger partial charge on any atom is 0.272 e. The summed E-state index contributed by atoms with van der Waals surface area (Å²) in [6.07, 6.45) is 1.62. The minimum absolute atomic E-state index is 0.0701. The number of rotatable bonds is 3. The highest BCUT2D eigenvalue weighted by Gasteiger charge is 2.23. The van der Waals surface area contributed by atoms with Gasteiger partial charge in [-0.1, -0.05) is 17.7 Å². The van der Waals surface area contributed by atoms with Gasteiger partial charge < -0.3 is 9.80 Å². The maximum absolute atomic E-state index is 12.5. The van der Waals surface area contributed by atoms with Gasteiger partial charge in [-0.05, 0) is 42.5 Å². The summed E-state index contributed by atoms with van der Waals surface area (Å²) in [5.41, 5.74) is 0.889. The van der Waals surface area contributed by atoms with E-state index >= 15 is 0 Å². The topological polar surface area (TPSA) is 71.3 Å². The van der Waals surface area contributed by atoms with Crippen LogP contribution in [-0.2, 0) is 0 Å². The highest BCUT2D eigenvalue weighted by atomic mass is 35.5. The molecule has 0 aliphatic carbocycles. The van der Waals surface area contributed by atoms with Crippen LogP contribution in [0.2, 0.25) is 5.02 Å². The van der Waals surface area contributed by atoms with Crippen LogP contribution in [0.1, 0.15) is 10.5 Å². The van der Waals surface area contributed by atoms with Crippen molar-refractivity contribution in [1.82, 2.24) is 19.7 Å². The Bertz CT molecular complexity index is 1030. The van der Waals surface area contributed by atoms with Gasteiger partial charge in [-0.2, -0.15) is 4.68 Å². The first kappa shape index (κ1) is 18.2. The second kappa shape index (κ2) is 7.82. The number of amides is 1. The lowest BCUT2D eigenvalue weighted by Gasteiger charge is -2.35. The number of carbonyl (C=O) groups excluding carboxylic acids is 1. The third kappa shape index (κ3) is 3.75. The van der Waals surface area contributed by atoms with Gasteiger partial charge in [-0.3, -0.25) is 14.6 Å². The summed E-state index contributed by atoms with van der Waals surface area (Å²) in [6, 6.07) is 15.5. The van der Waals surface area contributed by atoms with Gasteiger partial charge in [-0.25, -0.2) is 0 Å². The molecule has 0 radical (unpaired) electrons. The van der Waals surface area contributed by atoms with Gasteiger partial charge in [0.1, 0.15) is 11.5 Å². The molecule has 3 heterocycles. The molecule has 3 aromatic rings. The standard InChI is InChI=1S/C20H18ClN5O2/c21-15-4-6-16(7-5-15)26-19(27)9-8-18(23-26)24-11-13-25(14-12-24)20(28)17-3-1-2-10-22-17/h1-10H,11-14H2. The first-order valence-electron chi connectivity index (χ1n) is 8.93. The second-order valence-corrected chi connectivity index (χ2v) is 6.85. The molecule has 0 bridgehead atoms. The number of piperazine rings is 1. The summed E-state index contributed by atoms with van der Waals surface area (Å²) in [5, 5.41) is 5.09. The van der Waals surface area contributed by atoms with Crippen LogP contribution in [0.4, 0.5) is 5.82 Å². The zero-order valence-corrected chi connectivity index (χ0v) is 15.8. The molecule has 1 aromatic carbocycles. The smallest absolute Gasteiger partial charge is 0.272 e. The van der Waals surface area contributed by atoms with Crippen molar-refractivity contribution in [3.63, 3.8) is 0 Å². The van der Waals surface area contributed by atoms with E-state index in [1.807, 2.05) is 0 Å². The van der Waals surface area contributed by atoms with Crippen molar-refractivity contribution >= 4 is 23.3 Å². The number of anilines is 1. The normalized spacial score (nSPS) is 14.2. The van der Waals surface area contributed by atoms with Crippen molar-refractivity contribution in [2.45, 2.75) is 0 Å². The first-order valence-corrected chi connectivity index (χ1v) is 9.31. The number of hydrogen-bond acceptors (Lipinski definition) is 5. The summed E-state index contributed by atoms with van der Waals surface area (Å²) in [4.78, 5) is 32.7. The van der Waals surface area contributed by atoms with Crippen LogP contribution in [0.3, 0.4) is 0 Å². The third-order valence-corrected chi connectivity index (χ3v) is 4.88. The minimum atomic E-state index is -0.213. The lowest BCUT2D eigenvalue weighted by molar-refractivity contribution is 0.0740. The van der Waals surface area contributed by atoms with Crippen molar-refractivity contribution in [2.24, 2.45) is 0 Å². The van der Waals surface area contributed by atoms with E-state index in [1.165, 1.54) is 10.7 Å². The second-order valence-electron chi connectivity index (χ2n) is 6.41. The maximum atomic E-state index is 12.5. The van der Waals surface area contributed by atoms with Crippen LogP contribution < -0.4 is 10.5 Å². The van der Waals surface area contributed by atoms with Crippen LogP contribution in [0.15, 0.2) is 65.6 Å². The Morgan fingerprint density at radius 3 is 2.36 bits per heavy atom. The molecule has 0 spiro atoms. The number of nitrogens with zero attached hydrogens (tertiary/aromatic N) is 5. The van der Waals surface area contributed by atoms with Gasteiger partial charge in [0.15, 0.2) is 0 Å². The molecule has 28 heavy (non-hydrogen) atoms. The summed E-state index contributed by atoms with van der Waals surface area (Å²) in [7, 11) is 0. The van der Waals surface area contributed by atoms with Gasteiger partial charge in [0.25, 0.3) is 11.5 Å². The monoisotopic (exact) mass is 395 g/mol. The average molecular weight is 396 g/mol. The number of hydrogen-bond donors (Lipinski definition) is 0. The molecule has 1 amide bonds. The quantitative estimate of drug-likeness (QED) is 0.680. The van der Waals surface area contributed by atoms with E-state index in [1.54, 1.807) is 59.6 Å². The number of carbonyl (C=O) groups is 1. The molecule has 1 aliphatic rings. The average Bonchev–Trinajstić information content (AvgIpc) is 2.75. The highest BCUT2D eigenvalue weighted by Crippen LogP contribution is 2.16. The van der Waals surface area contributed by atoms with Crippen molar-refractivity contribution in [1.29, 1.82) is 0 Å². The SMILES string of the molecule is O=C(c1ccccn1)N1CCN(c2ccc(=O)n(-c3ccc(Cl)cc3)n2)CC1. The fraction of sp³-hybridized carbons (Fsp3) is 0.200. The molecule has 1 saturated heterocycles. The van der Waals surface area contributed by atoms with Gasteiger partial charge in [0, 0.05) is 43.5 Å². The lowest BCUT2D eigenvalue weighted by Crippen LogP contribution is -2.49. The van der Waals surface area contributed by atoms with E-state index < -0.39 is 0 Å². The van der Waals surface area contributed by atoms with Gasteiger partial charge in [0.05, 0.1) is 5.69 Å². The molecule has 1 fully saturated rings. The Kier molecular flexibility index (Phi) is 5.08. The molecule has 8 heteroatoms. The van der Waals surface area contributed by atoms with Crippen LogP contribution in [0, 0.1) is 0 Å². The molecular formula is C20H18ClN5O2. The molecule has 0 N–H and O–H groups in total. The summed E-state index contributed by atoms with van der Waals surface area (Å²) >= 11 is 5.92. The van der Waals surface area contributed by atoms with Gasteiger partial charge >= 0.3 is 0 Å². The Morgan fingerprint density at radius 1 is 0.929 bits per heavy atom. The molecule has 0 unspecified atom stereocenters. The molecule has 7 nitrogen and oxygen atoms in total. The zero-order chi connectivity index (χ0) is 19.5. The first-order chi connectivity index (χ1) is 13.6. The highest BCUT2D eigenvalue weighted by molar-refractivity contribution is 6.30. The summed E-state index contributed by atoms with van der Waals surface area (Å²) < 4.78 is 1.36. The molecule has 1 aliphatic heterocycles. The van der Waals surface area contributed by atoms with E-state index in [0.29, 0.717) is 48.4 Å². The van der Waals surface area contributed by atoms with Crippen LogP contribution >= 0.6 is 11.6 Å². The Labute approximate surface area is 166 Å². The molecule has 2 aromatic heterocycles. The minimum Gasteiger partial charge on any atom is -0.352 e. The number of pyridine rings is 1. The van der Waals surface area contributed by atoms with Crippen molar-refractivity contribution < 1.29 is 4.79 Å². The van der Waals surface area contributed by atoms with E-state index in [-0.39, 0.29) is 11.5 Å². The Morgan fingerprint density at radius 2 is 1.68 bits per heavy atom. The Hall–Kier alpha value is -3.19.